The molecule has 1 aromatic carbocycles. The molecule has 0 unspecified atom stereocenters. The van der Waals surface area contributed by atoms with Gasteiger partial charge in [0.2, 0.25) is 0 Å². The molecule has 1 aliphatic rings. The maximum atomic E-state index is 5.56. The van der Waals surface area contributed by atoms with E-state index in [1.54, 1.807) is 0 Å². The normalized spacial score (nSPS) is 15.3. The van der Waals surface area contributed by atoms with Crippen molar-refractivity contribution in [2.24, 2.45) is 0 Å². The molecule has 1 saturated carbocycles. The molecule has 0 heterocycles. The number of rotatable bonds is 2. The van der Waals surface area contributed by atoms with E-state index < -0.39 is 0 Å². The van der Waals surface area contributed by atoms with E-state index >= 15 is 0 Å². The van der Waals surface area contributed by atoms with Crippen molar-refractivity contribution >= 4 is 11.6 Å². The van der Waals surface area contributed by atoms with Crippen LogP contribution in [0.2, 0.25) is 0 Å². The lowest BCUT2D eigenvalue weighted by atomic mass is 9.80. The summed E-state index contributed by atoms with van der Waals surface area (Å²) in [6.07, 6.45) is 4.88. The smallest absolute Gasteiger partial charge is 0.0333 e. The molecule has 0 saturated heterocycles. The van der Waals surface area contributed by atoms with Crippen molar-refractivity contribution < 1.29 is 0 Å². The van der Waals surface area contributed by atoms with Crippen molar-refractivity contribution in [3.8, 4) is 11.8 Å². The maximum absolute atomic E-state index is 5.56. The Bertz CT molecular complexity index is 363. The third-order valence-corrected chi connectivity index (χ3v) is 3.13. The van der Waals surface area contributed by atoms with E-state index in [9.17, 15) is 0 Å². The first kappa shape index (κ1) is 10.6. The molecule has 0 nitrogen and oxygen atoms in total. The third-order valence-electron chi connectivity index (χ3n) is 2.94. The van der Waals surface area contributed by atoms with E-state index in [2.05, 4.69) is 36.1 Å². The van der Waals surface area contributed by atoms with Gasteiger partial charge in [-0.2, -0.15) is 0 Å². The summed E-state index contributed by atoms with van der Waals surface area (Å²) in [6, 6.07) is 8.67. The van der Waals surface area contributed by atoms with Crippen molar-refractivity contribution in [1.29, 1.82) is 0 Å². The van der Waals surface area contributed by atoms with Crippen molar-refractivity contribution in [2.75, 3.05) is 5.88 Å². The van der Waals surface area contributed by atoms with Crippen LogP contribution in [0.1, 0.15) is 42.7 Å². The lowest BCUT2D eigenvalue weighted by Gasteiger charge is -2.25. The molecule has 2 rings (SSSR count). The summed E-state index contributed by atoms with van der Waals surface area (Å²) in [6.45, 7) is 0. The fourth-order valence-corrected chi connectivity index (χ4v) is 1.89. The van der Waals surface area contributed by atoms with Crippen LogP contribution in [0, 0.1) is 11.8 Å². The van der Waals surface area contributed by atoms with Crippen molar-refractivity contribution in [2.45, 2.75) is 31.6 Å². The topological polar surface area (TPSA) is 0 Å². The Morgan fingerprint density at radius 1 is 1.20 bits per heavy atom. The van der Waals surface area contributed by atoms with Crippen LogP contribution in [0.5, 0.6) is 0 Å². The SMILES string of the molecule is ClCCC#Cc1ccc(C2CCC2)cc1. The van der Waals surface area contributed by atoms with Gasteiger partial charge in [0.25, 0.3) is 0 Å². The standard InChI is InChI=1S/C14H15Cl/c15-11-2-1-4-12-7-9-14(10-8-12)13-5-3-6-13/h7-10,13H,2-3,5-6,11H2. The van der Waals surface area contributed by atoms with Crippen LogP contribution in [-0.4, -0.2) is 5.88 Å². The van der Waals surface area contributed by atoms with E-state index in [1.807, 2.05) is 0 Å². The lowest BCUT2D eigenvalue weighted by molar-refractivity contribution is 0.420. The van der Waals surface area contributed by atoms with Crippen LogP contribution < -0.4 is 0 Å². The average Bonchev–Trinajstić information content (AvgIpc) is 2.18. The molecule has 1 fully saturated rings. The highest BCUT2D eigenvalue weighted by Gasteiger charge is 2.18. The Morgan fingerprint density at radius 3 is 2.47 bits per heavy atom. The zero-order valence-electron chi connectivity index (χ0n) is 8.80. The molecule has 0 N–H and O–H groups in total. The summed E-state index contributed by atoms with van der Waals surface area (Å²) in [5, 5.41) is 0. The van der Waals surface area contributed by atoms with Gasteiger partial charge < -0.3 is 0 Å². The highest BCUT2D eigenvalue weighted by atomic mass is 35.5. The van der Waals surface area contributed by atoms with Crippen molar-refractivity contribution in [1.82, 2.24) is 0 Å². The zero-order chi connectivity index (χ0) is 10.5. The Morgan fingerprint density at radius 2 is 1.93 bits per heavy atom. The van der Waals surface area contributed by atoms with Crippen LogP contribution in [0.15, 0.2) is 24.3 Å². The van der Waals surface area contributed by atoms with Gasteiger partial charge in [-0.15, -0.1) is 11.6 Å². The van der Waals surface area contributed by atoms with Crippen LogP contribution >= 0.6 is 11.6 Å². The zero-order valence-corrected chi connectivity index (χ0v) is 9.56. The van der Waals surface area contributed by atoms with Crippen LogP contribution in [0.25, 0.3) is 0 Å². The van der Waals surface area contributed by atoms with Crippen molar-refractivity contribution in [3.05, 3.63) is 35.4 Å². The highest BCUT2D eigenvalue weighted by Crippen LogP contribution is 2.36. The molecule has 78 valence electrons. The van der Waals surface area contributed by atoms with Gasteiger partial charge in [0, 0.05) is 17.9 Å². The minimum Gasteiger partial charge on any atom is -0.126 e. The van der Waals surface area contributed by atoms with Crippen LogP contribution in [0.4, 0.5) is 0 Å². The van der Waals surface area contributed by atoms with Gasteiger partial charge in [-0.25, -0.2) is 0 Å². The molecule has 0 aliphatic heterocycles. The summed E-state index contributed by atoms with van der Waals surface area (Å²) in [5.41, 5.74) is 2.58. The van der Waals surface area contributed by atoms with Crippen LogP contribution in [-0.2, 0) is 0 Å². The van der Waals surface area contributed by atoms with E-state index in [4.69, 9.17) is 11.6 Å². The second kappa shape index (κ2) is 5.24. The Labute approximate surface area is 96.6 Å². The molecule has 1 aliphatic carbocycles. The molecule has 15 heavy (non-hydrogen) atoms. The monoisotopic (exact) mass is 218 g/mol. The first-order chi connectivity index (χ1) is 7.40. The Balaban J connectivity index is 2.01. The van der Waals surface area contributed by atoms with Crippen LogP contribution in [0.3, 0.4) is 0 Å². The maximum Gasteiger partial charge on any atom is 0.0333 e. The predicted octanol–water partition coefficient (Wildman–Crippen LogP) is 3.93. The first-order valence-electron chi connectivity index (χ1n) is 5.55. The molecular weight excluding hydrogens is 204 g/mol. The fourth-order valence-electron chi connectivity index (χ4n) is 1.79. The van der Waals surface area contributed by atoms with E-state index in [-0.39, 0.29) is 0 Å². The summed E-state index contributed by atoms with van der Waals surface area (Å²) in [5.74, 6) is 7.59. The summed E-state index contributed by atoms with van der Waals surface area (Å²) >= 11 is 5.56. The predicted molar refractivity (Wildman–Crippen MR) is 65.2 cm³/mol. The third kappa shape index (κ3) is 2.76. The quantitative estimate of drug-likeness (QED) is 0.521. The number of alkyl halides is 1. The number of hydrogen-bond acceptors (Lipinski definition) is 0. The minimum atomic E-state index is 0.618. The minimum absolute atomic E-state index is 0.618. The molecule has 0 radical (unpaired) electrons. The second-order valence-corrected chi connectivity index (χ2v) is 4.37. The number of benzene rings is 1. The molecule has 0 bridgehead atoms. The number of halogens is 1. The molecule has 1 heteroatoms. The lowest BCUT2D eigenvalue weighted by Crippen LogP contribution is -2.08. The largest absolute Gasteiger partial charge is 0.126 e. The van der Waals surface area contributed by atoms with Gasteiger partial charge in [-0.05, 0) is 36.5 Å². The van der Waals surface area contributed by atoms with Gasteiger partial charge in [-0.1, -0.05) is 30.4 Å². The van der Waals surface area contributed by atoms with Gasteiger partial charge in [0.1, 0.15) is 0 Å². The Kier molecular flexibility index (Phi) is 3.69. The molecule has 0 spiro atoms. The molecule has 1 aromatic rings. The molecule has 0 aromatic heterocycles. The molecule has 0 atom stereocenters. The van der Waals surface area contributed by atoms with Gasteiger partial charge in [0.05, 0.1) is 0 Å². The number of hydrogen-bond donors (Lipinski definition) is 0. The Hall–Kier alpha value is -0.930. The van der Waals surface area contributed by atoms with E-state index in [0.717, 1.165) is 17.9 Å². The summed E-state index contributed by atoms with van der Waals surface area (Å²) in [4.78, 5) is 0. The first-order valence-corrected chi connectivity index (χ1v) is 6.08. The average molecular weight is 219 g/mol. The summed E-state index contributed by atoms with van der Waals surface area (Å²) in [7, 11) is 0. The van der Waals surface area contributed by atoms with E-state index in [1.165, 1.54) is 24.8 Å². The van der Waals surface area contributed by atoms with Crippen molar-refractivity contribution in [3.63, 3.8) is 0 Å². The molecule has 0 amide bonds. The second-order valence-electron chi connectivity index (χ2n) is 3.99. The van der Waals surface area contributed by atoms with Gasteiger partial charge in [0.15, 0.2) is 0 Å². The summed E-state index contributed by atoms with van der Waals surface area (Å²) < 4.78 is 0. The highest BCUT2D eigenvalue weighted by molar-refractivity contribution is 6.18. The molecular formula is C14H15Cl. The fraction of sp³-hybridized carbons (Fsp3) is 0.429. The van der Waals surface area contributed by atoms with Gasteiger partial charge in [-0.3, -0.25) is 0 Å². The van der Waals surface area contributed by atoms with E-state index in [0.29, 0.717) is 5.88 Å². The van der Waals surface area contributed by atoms with Gasteiger partial charge >= 0.3 is 0 Å².